The van der Waals surface area contributed by atoms with Crippen molar-refractivity contribution in [2.45, 2.75) is 13.8 Å². The van der Waals surface area contributed by atoms with E-state index in [9.17, 15) is 4.39 Å². The Bertz CT molecular complexity index is 386. The van der Waals surface area contributed by atoms with Gasteiger partial charge >= 0.3 is 0 Å². The molecule has 0 aliphatic rings. The van der Waals surface area contributed by atoms with Crippen LogP contribution in [0.4, 0.5) is 4.39 Å². The van der Waals surface area contributed by atoms with Gasteiger partial charge in [-0.1, -0.05) is 41.4 Å². The molecular formula is C13H17BrFN. The highest BCUT2D eigenvalue weighted by Gasteiger charge is 2.05. The fourth-order valence-corrected chi connectivity index (χ4v) is 1.81. The first-order valence-corrected chi connectivity index (χ1v) is 6.14. The van der Waals surface area contributed by atoms with E-state index in [0.717, 1.165) is 16.6 Å². The highest BCUT2D eigenvalue weighted by atomic mass is 79.9. The van der Waals surface area contributed by atoms with E-state index >= 15 is 0 Å². The first-order chi connectivity index (χ1) is 7.54. The summed E-state index contributed by atoms with van der Waals surface area (Å²) >= 11 is 3.43. The standard InChI is InChI=1S/C13H17BrFN/c1-9(2)11(8-16-3)6-10-7-12(15)4-5-13(10)14/h4-7,9,16H,8H2,1-3H3/b11-6-. The summed E-state index contributed by atoms with van der Waals surface area (Å²) in [5, 5.41) is 3.13. The Hall–Kier alpha value is -0.670. The largest absolute Gasteiger partial charge is 0.316 e. The van der Waals surface area contributed by atoms with Crippen LogP contribution in [-0.2, 0) is 0 Å². The minimum Gasteiger partial charge on any atom is -0.316 e. The van der Waals surface area contributed by atoms with E-state index in [4.69, 9.17) is 0 Å². The van der Waals surface area contributed by atoms with Gasteiger partial charge in [0.15, 0.2) is 0 Å². The molecule has 1 N–H and O–H groups in total. The van der Waals surface area contributed by atoms with Crippen molar-refractivity contribution in [3.8, 4) is 0 Å². The Morgan fingerprint density at radius 3 is 2.75 bits per heavy atom. The molecule has 0 spiro atoms. The van der Waals surface area contributed by atoms with Crippen molar-refractivity contribution in [1.29, 1.82) is 0 Å². The van der Waals surface area contributed by atoms with Crippen molar-refractivity contribution in [2.75, 3.05) is 13.6 Å². The van der Waals surface area contributed by atoms with Crippen molar-refractivity contribution in [2.24, 2.45) is 5.92 Å². The number of hydrogen-bond acceptors (Lipinski definition) is 1. The Morgan fingerprint density at radius 2 is 2.19 bits per heavy atom. The van der Waals surface area contributed by atoms with Gasteiger partial charge in [-0.2, -0.15) is 0 Å². The zero-order chi connectivity index (χ0) is 12.1. The summed E-state index contributed by atoms with van der Waals surface area (Å²) in [6.45, 7) is 5.09. The van der Waals surface area contributed by atoms with E-state index in [0.29, 0.717) is 5.92 Å². The molecule has 0 saturated carbocycles. The lowest BCUT2D eigenvalue weighted by Crippen LogP contribution is -2.13. The molecule has 0 aliphatic carbocycles. The summed E-state index contributed by atoms with van der Waals surface area (Å²) < 4.78 is 14.0. The molecule has 1 nitrogen and oxygen atoms in total. The van der Waals surface area contributed by atoms with Gasteiger partial charge in [0.2, 0.25) is 0 Å². The summed E-state index contributed by atoms with van der Waals surface area (Å²) in [6.07, 6.45) is 2.04. The van der Waals surface area contributed by atoms with E-state index in [2.05, 4.69) is 35.1 Å². The second kappa shape index (κ2) is 6.16. The summed E-state index contributed by atoms with van der Waals surface area (Å²) in [5.41, 5.74) is 2.15. The third kappa shape index (κ3) is 3.72. The molecule has 0 unspecified atom stereocenters. The van der Waals surface area contributed by atoms with Gasteiger partial charge in [-0.05, 0) is 36.7 Å². The van der Waals surface area contributed by atoms with Gasteiger partial charge in [-0.15, -0.1) is 0 Å². The normalized spacial score (nSPS) is 12.2. The van der Waals surface area contributed by atoms with E-state index in [1.807, 2.05) is 13.1 Å². The van der Waals surface area contributed by atoms with Crippen molar-refractivity contribution in [1.82, 2.24) is 5.32 Å². The Balaban J connectivity index is 3.06. The number of halogens is 2. The van der Waals surface area contributed by atoms with Crippen LogP contribution in [0.3, 0.4) is 0 Å². The van der Waals surface area contributed by atoms with Crippen molar-refractivity contribution in [3.05, 3.63) is 39.6 Å². The fraction of sp³-hybridized carbons (Fsp3) is 0.385. The number of benzene rings is 1. The van der Waals surface area contributed by atoms with Crippen molar-refractivity contribution in [3.63, 3.8) is 0 Å². The van der Waals surface area contributed by atoms with Crippen LogP contribution in [0, 0.1) is 11.7 Å². The third-order valence-corrected chi connectivity index (χ3v) is 3.14. The van der Waals surface area contributed by atoms with Crippen LogP contribution in [0.2, 0.25) is 0 Å². The minimum absolute atomic E-state index is 0.206. The molecule has 0 saturated heterocycles. The molecule has 0 atom stereocenters. The van der Waals surface area contributed by atoms with E-state index in [1.165, 1.54) is 11.6 Å². The summed E-state index contributed by atoms with van der Waals surface area (Å²) in [6, 6.07) is 4.73. The van der Waals surface area contributed by atoms with E-state index in [1.54, 1.807) is 12.1 Å². The first kappa shape index (κ1) is 13.4. The topological polar surface area (TPSA) is 12.0 Å². The predicted molar refractivity (Wildman–Crippen MR) is 70.8 cm³/mol. The van der Waals surface area contributed by atoms with Gasteiger partial charge < -0.3 is 5.32 Å². The van der Waals surface area contributed by atoms with Gasteiger partial charge in [-0.25, -0.2) is 4.39 Å². The zero-order valence-electron chi connectivity index (χ0n) is 9.85. The summed E-state index contributed by atoms with van der Waals surface area (Å²) in [5.74, 6) is 0.240. The smallest absolute Gasteiger partial charge is 0.123 e. The maximum atomic E-state index is 13.1. The van der Waals surface area contributed by atoms with E-state index < -0.39 is 0 Å². The van der Waals surface area contributed by atoms with Gasteiger partial charge in [0.25, 0.3) is 0 Å². The molecule has 0 fully saturated rings. The average Bonchev–Trinajstić information content (AvgIpc) is 2.22. The monoisotopic (exact) mass is 285 g/mol. The fourth-order valence-electron chi connectivity index (χ4n) is 1.45. The van der Waals surface area contributed by atoms with Crippen molar-refractivity contribution < 1.29 is 4.39 Å². The lowest BCUT2D eigenvalue weighted by molar-refractivity contribution is 0.627. The second-order valence-electron chi connectivity index (χ2n) is 4.07. The van der Waals surface area contributed by atoms with Crippen molar-refractivity contribution >= 4 is 22.0 Å². The molecule has 0 amide bonds. The minimum atomic E-state index is -0.206. The molecule has 1 aromatic carbocycles. The third-order valence-electron chi connectivity index (χ3n) is 2.42. The molecule has 1 rings (SSSR count). The Morgan fingerprint density at radius 1 is 1.50 bits per heavy atom. The number of rotatable bonds is 4. The van der Waals surface area contributed by atoms with Crippen LogP contribution in [-0.4, -0.2) is 13.6 Å². The summed E-state index contributed by atoms with van der Waals surface area (Å²) in [4.78, 5) is 0. The molecule has 0 aromatic heterocycles. The van der Waals surface area contributed by atoms with Gasteiger partial charge in [0.05, 0.1) is 0 Å². The van der Waals surface area contributed by atoms with Gasteiger partial charge in [0.1, 0.15) is 5.82 Å². The molecule has 0 radical (unpaired) electrons. The molecule has 16 heavy (non-hydrogen) atoms. The van der Waals surface area contributed by atoms with Gasteiger partial charge in [0, 0.05) is 11.0 Å². The maximum absolute atomic E-state index is 13.1. The molecule has 0 bridgehead atoms. The van der Waals surface area contributed by atoms with Crippen LogP contribution >= 0.6 is 15.9 Å². The highest BCUT2D eigenvalue weighted by molar-refractivity contribution is 9.10. The number of nitrogens with one attached hydrogen (secondary N) is 1. The molecule has 1 aromatic rings. The zero-order valence-corrected chi connectivity index (χ0v) is 11.4. The molecular weight excluding hydrogens is 269 g/mol. The van der Waals surface area contributed by atoms with Crippen LogP contribution in [0.1, 0.15) is 19.4 Å². The molecule has 0 heterocycles. The molecule has 88 valence electrons. The molecule has 0 aliphatic heterocycles. The number of hydrogen-bond donors (Lipinski definition) is 1. The maximum Gasteiger partial charge on any atom is 0.123 e. The number of likely N-dealkylation sites (N-methyl/N-ethyl adjacent to an activating group) is 1. The highest BCUT2D eigenvalue weighted by Crippen LogP contribution is 2.22. The first-order valence-electron chi connectivity index (χ1n) is 5.34. The lowest BCUT2D eigenvalue weighted by atomic mass is 10.0. The van der Waals surface area contributed by atoms with E-state index in [-0.39, 0.29) is 5.82 Å². The lowest BCUT2D eigenvalue weighted by Gasteiger charge is -2.11. The second-order valence-corrected chi connectivity index (χ2v) is 4.92. The Labute approximate surface area is 105 Å². The SMILES string of the molecule is CNC/C(=C/c1cc(F)ccc1Br)C(C)C. The predicted octanol–water partition coefficient (Wildman–Crippen LogP) is 3.85. The van der Waals surface area contributed by atoms with Gasteiger partial charge in [-0.3, -0.25) is 0 Å². The van der Waals surface area contributed by atoms with Crippen LogP contribution in [0.25, 0.3) is 6.08 Å². The van der Waals surface area contributed by atoms with Crippen LogP contribution < -0.4 is 5.32 Å². The quantitative estimate of drug-likeness (QED) is 0.886. The molecule has 3 heteroatoms. The van der Waals surface area contributed by atoms with Crippen LogP contribution in [0.15, 0.2) is 28.2 Å². The summed E-state index contributed by atoms with van der Waals surface area (Å²) in [7, 11) is 1.91. The average molecular weight is 286 g/mol. The van der Waals surface area contributed by atoms with Crippen LogP contribution in [0.5, 0.6) is 0 Å². The Kier molecular flexibility index (Phi) is 5.16.